The molecule has 0 aliphatic heterocycles. The van der Waals surface area contributed by atoms with E-state index in [0.29, 0.717) is 27.6 Å². The van der Waals surface area contributed by atoms with E-state index < -0.39 is 6.10 Å². The van der Waals surface area contributed by atoms with Gasteiger partial charge in [-0.2, -0.15) is 0 Å². The molecule has 0 aliphatic rings. The summed E-state index contributed by atoms with van der Waals surface area (Å²) in [7, 11) is 0. The molecule has 0 heterocycles. The van der Waals surface area contributed by atoms with Gasteiger partial charge in [0.05, 0.1) is 0 Å². The van der Waals surface area contributed by atoms with Crippen LogP contribution in [0, 0.1) is 0 Å². The summed E-state index contributed by atoms with van der Waals surface area (Å²) in [5, 5.41) is 3.40. The van der Waals surface area contributed by atoms with Crippen molar-refractivity contribution < 1.29 is 14.3 Å². The SMILES string of the molecule is C[C@@H](Oc1ccc(Cl)cc1)C(=O)Nc1cccc(C(=O)c2ccc(C(C)(C)C)cc2)c1. The number of anilines is 1. The molecule has 0 fully saturated rings. The van der Waals surface area contributed by atoms with Crippen LogP contribution in [0.15, 0.2) is 72.8 Å². The molecule has 0 spiro atoms. The molecule has 0 unspecified atom stereocenters. The van der Waals surface area contributed by atoms with Gasteiger partial charge in [0.1, 0.15) is 5.75 Å². The molecule has 0 radical (unpaired) electrons. The topological polar surface area (TPSA) is 55.4 Å². The molecule has 160 valence electrons. The summed E-state index contributed by atoms with van der Waals surface area (Å²) in [6, 6.07) is 21.4. The van der Waals surface area contributed by atoms with Crippen molar-refractivity contribution in [1.82, 2.24) is 0 Å². The minimum Gasteiger partial charge on any atom is -0.481 e. The summed E-state index contributed by atoms with van der Waals surface area (Å²) in [5.74, 6) is 0.144. The molecule has 0 aliphatic carbocycles. The van der Waals surface area contributed by atoms with Crippen molar-refractivity contribution in [3.63, 3.8) is 0 Å². The molecular formula is C26H26ClNO3. The lowest BCUT2D eigenvalue weighted by molar-refractivity contribution is -0.122. The van der Waals surface area contributed by atoms with Crippen LogP contribution in [-0.2, 0) is 10.2 Å². The third kappa shape index (κ3) is 5.96. The number of carbonyl (C=O) groups is 2. The zero-order valence-electron chi connectivity index (χ0n) is 18.1. The minimum atomic E-state index is -0.717. The van der Waals surface area contributed by atoms with E-state index in [1.54, 1.807) is 55.5 Å². The van der Waals surface area contributed by atoms with E-state index in [9.17, 15) is 9.59 Å². The number of halogens is 1. The van der Waals surface area contributed by atoms with Gasteiger partial charge in [0.25, 0.3) is 5.91 Å². The first kappa shape index (κ1) is 22.6. The number of carbonyl (C=O) groups excluding carboxylic acids is 2. The molecule has 0 aromatic heterocycles. The molecule has 1 atom stereocenters. The molecule has 0 bridgehead atoms. The smallest absolute Gasteiger partial charge is 0.265 e. The van der Waals surface area contributed by atoms with E-state index in [1.807, 2.05) is 24.3 Å². The van der Waals surface area contributed by atoms with Crippen LogP contribution in [0.2, 0.25) is 5.02 Å². The van der Waals surface area contributed by atoms with Crippen LogP contribution < -0.4 is 10.1 Å². The zero-order valence-corrected chi connectivity index (χ0v) is 18.9. The van der Waals surface area contributed by atoms with Crippen molar-refractivity contribution in [2.75, 3.05) is 5.32 Å². The Morgan fingerprint density at radius 3 is 2.16 bits per heavy atom. The van der Waals surface area contributed by atoms with Crippen LogP contribution in [0.1, 0.15) is 49.2 Å². The van der Waals surface area contributed by atoms with E-state index in [-0.39, 0.29) is 17.1 Å². The highest BCUT2D eigenvalue weighted by Gasteiger charge is 2.17. The van der Waals surface area contributed by atoms with Crippen LogP contribution in [0.4, 0.5) is 5.69 Å². The number of ketones is 1. The molecule has 5 heteroatoms. The van der Waals surface area contributed by atoms with Gasteiger partial charge in [0.15, 0.2) is 11.9 Å². The summed E-state index contributed by atoms with van der Waals surface area (Å²) >= 11 is 5.87. The summed E-state index contributed by atoms with van der Waals surface area (Å²) in [6.07, 6.45) is -0.717. The maximum atomic E-state index is 12.9. The molecule has 3 aromatic rings. The highest BCUT2D eigenvalue weighted by Crippen LogP contribution is 2.23. The van der Waals surface area contributed by atoms with Crippen molar-refractivity contribution in [3.8, 4) is 5.75 Å². The molecule has 1 amide bonds. The Labute approximate surface area is 188 Å². The number of ether oxygens (including phenoxy) is 1. The van der Waals surface area contributed by atoms with Gasteiger partial charge in [-0.15, -0.1) is 0 Å². The first-order valence-electron chi connectivity index (χ1n) is 10.1. The van der Waals surface area contributed by atoms with E-state index in [2.05, 4.69) is 26.1 Å². The van der Waals surface area contributed by atoms with Gasteiger partial charge in [-0.05, 0) is 54.3 Å². The summed E-state index contributed by atoms with van der Waals surface area (Å²) in [6.45, 7) is 8.06. The second-order valence-corrected chi connectivity index (χ2v) is 8.88. The normalized spacial score (nSPS) is 12.2. The standard InChI is InChI=1S/C26H26ClNO3/c1-17(31-23-14-12-21(27)13-15-23)25(30)28-22-7-5-6-19(16-22)24(29)18-8-10-20(11-9-18)26(2,3)4/h5-17H,1-4H3,(H,28,30)/t17-/m1/s1. The molecule has 3 aromatic carbocycles. The zero-order chi connectivity index (χ0) is 22.6. The van der Waals surface area contributed by atoms with E-state index >= 15 is 0 Å². The number of benzene rings is 3. The molecule has 1 N–H and O–H groups in total. The van der Waals surface area contributed by atoms with E-state index in [4.69, 9.17) is 16.3 Å². The third-order valence-corrected chi connectivity index (χ3v) is 5.15. The molecule has 0 saturated heterocycles. The average Bonchev–Trinajstić information content (AvgIpc) is 2.74. The summed E-state index contributed by atoms with van der Waals surface area (Å²) in [5.41, 5.74) is 2.84. The summed E-state index contributed by atoms with van der Waals surface area (Å²) in [4.78, 5) is 25.4. The number of amides is 1. The Morgan fingerprint density at radius 2 is 1.55 bits per heavy atom. The van der Waals surface area contributed by atoms with Crippen molar-refractivity contribution >= 4 is 29.0 Å². The Kier molecular flexibility index (Phi) is 6.81. The largest absolute Gasteiger partial charge is 0.481 e. The van der Waals surface area contributed by atoms with Crippen LogP contribution in [0.3, 0.4) is 0 Å². The maximum absolute atomic E-state index is 12.9. The van der Waals surface area contributed by atoms with Crippen LogP contribution in [-0.4, -0.2) is 17.8 Å². The highest BCUT2D eigenvalue weighted by atomic mass is 35.5. The number of nitrogens with one attached hydrogen (secondary N) is 1. The third-order valence-electron chi connectivity index (χ3n) is 4.90. The lowest BCUT2D eigenvalue weighted by Gasteiger charge is -2.19. The quantitative estimate of drug-likeness (QED) is 0.464. The average molecular weight is 436 g/mol. The fourth-order valence-corrected chi connectivity index (χ4v) is 3.17. The summed E-state index contributed by atoms with van der Waals surface area (Å²) < 4.78 is 5.65. The van der Waals surface area contributed by atoms with Gasteiger partial charge in [0.2, 0.25) is 0 Å². The van der Waals surface area contributed by atoms with Gasteiger partial charge >= 0.3 is 0 Å². The molecule has 3 rings (SSSR count). The molecule has 0 saturated carbocycles. The second kappa shape index (κ2) is 9.36. The Hall–Kier alpha value is -3.11. The Balaban J connectivity index is 1.68. The van der Waals surface area contributed by atoms with Crippen LogP contribution >= 0.6 is 11.6 Å². The minimum absolute atomic E-state index is 0.0244. The predicted molar refractivity (Wildman–Crippen MR) is 125 cm³/mol. The first-order chi connectivity index (χ1) is 14.6. The predicted octanol–water partition coefficient (Wildman–Crippen LogP) is 6.27. The van der Waals surface area contributed by atoms with Gasteiger partial charge in [0, 0.05) is 21.8 Å². The fourth-order valence-electron chi connectivity index (χ4n) is 3.04. The van der Waals surface area contributed by atoms with Crippen LogP contribution in [0.5, 0.6) is 5.75 Å². The van der Waals surface area contributed by atoms with Crippen molar-refractivity contribution in [2.45, 2.75) is 39.2 Å². The van der Waals surface area contributed by atoms with Gasteiger partial charge < -0.3 is 10.1 Å². The number of hydrogen-bond donors (Lipinski definition) is 1. The van der Waals surface area contributed by atoms with E-state index in [1.165, 1.54) is 5.56 Å². The van der Waals surface area contributed by atoms with Gasteiger partial charge in [-0.25, -0.2) is 0 Å². The van der Waals surface area contributed by atoms with Gasteiger partial charge in [-0.3, -0.25) is 9.59 Å². The van der Waals surface area contributed by atoms with Crippen molar-refractivity contribution in [1.29, 1.82) is 0 Å². The highest BCUT2D eigenvalue weighted by molar-refractivity contribution is 6.30. The Morgan fingerprint density at radius 1 is 0.903 bits per heavy atom. The first-order valence-corrected chi connectivity index (χ1v) is 10.5. The van der Waals surface area contributed by atoms with E-state index in [0.717, 1.165) is 0 Å². The number of rotatable bonds is 6. The lowest BCUT2D eigenvalue weighted by atomic mass is 9.86. The second-order valence-electron chi connectivity index (χ2n) is 8.44. The fraction of sp³-hybridized carbons (Fsp3) is 0.231. The molecular weight excluding hydrogens is 410 g/mol. The molecule has 4 nitrogen and oxygen atoms in total. The maximum Gasteiger partial charge on any atom is 0.265 e. The van der Waals surface area contributed by atoms with Crippen molar-refractivity contribution in [3.05, 3.63) is 94.5 Å². The molecule has 31 heavy (non-hydrogen) atoms. The van der Waals surface area contributed by atoms with Gasteiger partial charge in [-0.1, -0.05) is 68.8 Å². The van der Waals surface area contributed by atoms with Crippen molar-refractivity contribution in [2.24, 2.45) is 0 Å². The lowest BCUT2D eigenvalue weighted by Crippen LogP contribution is -2.30. The van der Waals surface area contributed by atoms with Crippen LogP contribution in [0.25, 0.3) is 0 Å². The Bertz CT molecular complexity index is 1070. The monoisotopic (exact) mass is 435 g/mol. The number of hydrogen-bond acceptors (Lipinski definition) is 3.